The molecule has 2 rings (SSSR count). The first kappa shape index (κ1) is 22.2. The molecule has 0 saturated carbocycles. The van der Waals surface area contributed by atoms with Crippen LogP contribution < -0.4 is 9.47 Å². The molecule has 2 aromatic carbocycles. The first-order valence-corrected chi connectivity index (χ1v) is 8.11. The molecule has 8 heteroatoms. The molecule has 8 nitrogen and oxygen atoms in total. The molecule has 28 heavy (non-hydrogen) atoms. The Kier molecular flexibility index (Phi) is 9.32. The van der Waals surface area contributed by atoms with E-state index in [0.29, 0.717) is 31.1 Å². The van der Waals surface area contributed by atoms with Gasteiger partial charge in [0.05, 0.1) is 24.3 Å². The highest BCUT2D eigenvalue weighted by molar-refractivity contribution is 5.88. The smallest absolute Gasteiger partial charge is 0.335 e. The Hall–Kier alpha value is -3.81. The maximum absolute atomic E-state index is 10.7. The second-order valence-electron chi connectivity index (χ2n) is 5.25. The van der Waals surface area contributed by atoms with Crippen LogP contribution in [0.1, 0.15) is 27.1 Å². The molecule has 0 radical (unpaired) electrons. The van der Waals surface area contributed by atoms with Gasteiger partial charge in [0.1, 0.15) is 11.5 Å². The molecule has 0 saturated heterocycles. The van der Waals surface area contributed by atoms with Crippen LogP contribution in [0.3, 0.4) is 0 Å². The van der Waals surface area contributed by atoms with Crippen LogP contribution in [0.25, 0.3) is 0 Å². The van der Waals surface area contributed by atoms with E-state index in [-0.39, 0.29) is 11.1 Å². The third-order valence-corrected chi connectivity index (χ3v) is 3.20. The Morgan fingerprint density at radius 2 is 1.07 bits per heavy atom. The summed E-state index contributed by atoms with van der Waals surface area (Å²) < 4.78 is 11.0. The standard InChI is InChI=1S/C17H16O6.C3H4O2/c18-16(19)12-2-6-14(7-3-12)22-10-1-11-23-15-8-4-13(5-9-15)17(20)21;1-2-3(4)5/h2-9H,1,10-11H2,(H,18,19)(H,20,21);2H,1H2,(H,4,5). The van der Waals surface area contributed by atoms with Crippen LogP contribution in [0.15, 0.2) is 61.2 Å². The van der Waals surface area contributed by atoms with E-state index < -0.39 is 17.9 Å². The van der Waals surface area contributed by atoms with Crippen LogP contribution in [0.5, 0.6) is 11.5 Å². The van der Waals surface area contributed by atoms with Gasteiger partial charge in [-0.1, -0.05) is 6.58 Å². The molecule has 148 valence electrons. The predicted octanol–water partition coefficient (Wildman–Crippen LogP) is 3.19. The third kappa shape index (κ3) is 8.52. The Bertz CT molecular complexity index is 734. The van der Waals surface area contributed by atoms with Crippen molar-refractivity contribution in [3.63, 3.8) is 0 Å². The molecule has 0 heterocycles. The highest BCUT2D eigenvalue weighted by atomic mass is 16.5. The van der Waals surface area contributed by atoms with Crippen molar-refractivity contribution in [3.05, 3.63) is 72.3 Å². The zero-order chi connectivity index (χ0) is 20.9. The molecule has 0 spiro atoms. The van der Waals surface area contributed by atoms with Gasteiger partial charge in [0.15, 0.2) is 0 Å². The van der Waals surface area contributed by atoms with E-state index in [1.807, 2.05) is 0 Å². The molecule has 3 N–H and O–H groups in total. The number of carbonyl (C=O) groups is 3. The molecule has 0 atom stereocenters. The minimum absolute atomic E-state index is 0.213. The number of hydrogen-bond acceptors (Lipinski definition) is 5. The van der Waals surface area contributed by atoms with Crippen LogP contribution in [0.2, 0.25) is 0 Å². The minimum Gasteiger partial charge on any atom is -0.493 e. The summed E-state index contributed by atoms with van der Waals surface area (Å²) in [5, 5.41) is 25.2. The number of hydrogen-bond donors (Lipinski definition) is 3. The van der Waals surface area contributed by atoms with Gasteiger partial charge >= 0.3 is 17.9 Å². The molecule has 2 aromatic rings. The Morgan fingerprint density at radius 3 is 1.32 bits per heavy atom. The van der Waals surface area contributed by atoms with Crippen molar-refractivity contribution >= 4 is 17.9 Å². The summed E-state index contributed by atoms with van der Waals surface area (Å²) in [5.41, 5.74) is 0.427. The molecular formula is C20H20O8. The monoisotopic (exact) mass is 388 g/mol. The summed E-state index contributed by atoms with van der Waals surface area (Å²) in [6, 6.07) is 12.4. The number of carboxylic acid groups (broad SMARTS) is 3. The lowest BCUT2D eigenvalue weighted by atomic mass is 10.2. The quantitative estimate of drug-likeness (QED) is 0.441. The van der Waals surface area contributed by atoms with Crippen molar-refractivity contribution in [2.45, 2.75) is 6.42 Å². The molecule has 0 aromatic heterocycles. The zero-order valence-corrected chi connectivity index (χ0v) is 14.9. The number of carboxylic acids is 3. The lowest BCUT2D eigenvalue weighted by Gasteiger charge is -2.08. The Labute approximate surface area is 161 Å². The van der Waals surface area contributed by atoms with Crippen LogP contribution in [0.4, 0.5) is 0 Å². The summed E-state index contributed by atoms with van der Waals surface area (Å²) in [4.78, 5) is 30.7. The SMILES string of the molecule is C=CC(=O)O.O=C(O)c1ccc(OCCCOc2ccc(C(=O)O)cc2)cc1. The van der Waals surface area contributed by atoms with Gasteiger partial charge in [0.2, 0.25) is 0 Å². The highest BCUT2D eigenvalue weighted by Crippen LogP contribution is 2.14. The first-order chi connectivity index (χ1) is 13.3. The van der Waals surface area contributed by atoms with E-state index >= 15 is 0 Å². The van der Waals surface area contributed by atoms with E-state index in [0.717, 1.165) is 6.08 Å². The van der Waals surface area contributed by atoms with Crippen LogP contribution in [-0.2, 0) is 4.79 Å². The van der Waals surface area contributed by atoms with E-state index in [1.165, 1.54) is 24.3 Å². The van der Waals surface area contributed by atoms with Gasteiger partial charge in [0.25, 0.3) is 0 Å². The van der Waals surface area contributed by atoms with Gasteiger partial charge in [-0.15, -0.1) is 0 Å². The van der Waals surface area contributed by atoms with E-state index in [2.05, 4.69) is 6.58 Å². The van der Waals surface area contributed by atoms with Crippen molar-refractivity contribution in [3.8, 4) is 11.5 Å². The molecular weight excluding hydrogens is 368 g/mol. The second-order valence-corrected chi connectivity index (χ2v) is 5.25. The lowest BCUT2D eigenvalue weighted by Crippen LogP contribution is -2.05. The van der Waals surface area contributed by atoms with Crippen molar-refractivity contribution in [2.24, 2.45) is 0 Å². The molecule has 0 aliphatic heterocycles. The van der Waals surface area contributed by atoms with Crippen LogP contribution in [-0.4, -0.2) is 46.4 Å². The Morgan fingerprint density at radius 1 is 0.750 bits per heavy atom. The molecule has 0 unspecified atom stereocenters. The molecule has 0 amide bonds. The van der Waals surface area contributed by atoms with Gasteiger partial charge in [0, 0.05) is 12.5 Å². The average Bonchev–Trinajstić information content (AvgIpc) is 2.69. The van der Waals surface area contributed by atoms with Crippen molar-refractivity contribution in [1.82, 2.24) is 0 Å². The van der Waals surface area contributed by atoms with Crippen LogP contribution >= 0.6 is 0 Å². The third-order valence-electron chi connectivity index (χ3n) is 3.20. The maximum atomic E-state index is 10.7. The van der Waals surface area contributed by atoms with Gasteiger partial charge in [-0.25, -0.2) is 14.4 Å². The van der Waals surface area contributed by atoms with Gasteiger partial charge in [-0.2, -0.15) is 0 Å². The molecule has 0 bridgehead atoms. The van der Waals surface area contributed by atoms with E-state index in [4.69, 9.17) is 24.8 Å². The number of ether oxygens (including phenoxy) is 2. The Balaban J connectivity index is 0.000000696. The summed E-state index contributed by atoms with van der Waals surface area (Å²) in [6.07, 6.45) is 1.47. The fourth-order valence-corrected chi connectivity index (χ4v) is 1.83. The van der Waals surface area contributed by atoms with Crippen molar-refractivity contribution in [2.75, 3.05) is 13.2 Å². The number of aromatic carboxylic acids is 2. The fraction of sp³-hybridized carbons (Fsp3) is 0.150. The summed E-state index contributed by atoms with van der Waals surface area (Å²) in [5.74, 6) is -1.73. The first-order valence-electron chi connectivity index (χ1n) is 8.11. The number of benzene rings is 2. The highest BCUT2D eigenvalue weighted by Gasteiger charge is 2.03. The van der Waals surface area contributed by atoms with Gasteiger partial charge < -0.3 is 24.8 Å². The van der Waals surface area contributed by atoms with Gasteiger partial charge in [-0.3, -0.25) is 0 Å². The van der Waals surface area contributed by atoms with E-state index in [9.17, 15) is 14.4 Å². The van der Waals surface area contributed by atoms with Gasteiger partial charge in [-0.05, 0) is 48.5 Å². The summed E-state index contributed by atoms with van der Waals surface area (Å²) >= 11 is 0. The lowest BCUT2D eigenvalue weighted by molar-refractivity contribution is -0.131. The summed E-state index contributed by atoms with van der Waals surface area (Å²) in [7, 11) is 0. The second kappa shape index (κ2) is 11.7. The fourth-order valence-electron chi connectivity index (χ4n) is 1.83. The number of aliphatic carboxylic acids is 1. The van der Waals surface area contributed by atoms with Crippen LogP contribution in [0, 0.1) is 0 Å². The number of rotatable bonds is 9. The largest absolute Gasteiger partial charge is 0.493 e. The van der Waals surface area contributed by atoms with E-state index in [1.54, 1.807) is 24.3 Å². The summed E-state index contributed by atoms with van der Waals surface area (Å²) in [6.45, 7) is 3.82. The predicted molar refractivity (Wildman–Crippen MR) is 100 cm³/mol. The molecule has 0 aliphatic rings. The minimum atomic E-state index is -0.981. The normalized spacial score (nSPS) is 9.43. The maximum Gasteiger partial charge on any atom is 0.335 e. The molecule has 0 aliphatic carbocycles. The zero-order valence-electron chi connectivity index (χ0n) is 14.9. The average molecular weight is 388 g/mol. The topological polar surface area (TPSA) is 130 Å². The van der Waals surface area contributed by atoms with Crippen molar-refractivity contribution in [1.29, 1.82) is 0 Å². The molecule has 0 fully saturated rings. The van der Waals surface area contributed by atoms with Crippen molar-refractivity contribution < 1.29 is 39.2 Å².